The van der Waals surface area contributed by atoms with E-state index < -0.39 is 0 Å². The second kappa shape index (κ2) is 9.07. The van der Waals surface area contributed by atoms with Gasteiger partial charge in [0.05, 0.1) is 7.11 Å². The minimum absolute atomic E-state index is 0.0850. The second-order valence-corrected chi connectivity index (χ2v) is 7.79. The fourth-order valence-electron chi connectivity index (χ4n) is 3.45. The number of aromatic nitrogens is 2. The fourth-order valence-corrected chi connectivity index (χ4v) is 3.45. The Morgan fingerprint density at radius 3 is 2.29 bits per heavy atom. The van der Waals surface area contributed by atoms with Crippen molar-refractivity contribution in [1.29, 1.82) is 0 Å². The van der Waals surface area contributed by atoms with Gasteiger partial charge in [0.25, 0.3) is 0 Å². The third kappa shape index (κ3) is 4.79. The predicted molar refractivity (Wildman–Crippen MR) is 120 cm³/mol. The van der Waals surface area contributed by atoms with Gasteiger partial charge in [-0.15, -0.1) is 0 Å². The van der Waals surface area contributed by atoms with Gasteiger partial charge >= 0.3 is 6.03 Å². The molecule has 1 N–H and O–H groups in total. The first-order valence-corrected chi connectivity index (χ1v) is 10.4. The molecule has 0 bridgehead atoms. The third-order valence-electron chi connectivity index (χ3n) is 5.33. The number of benzene rings is 2. The van der Waals surface area contributed by atoms with E-state index in [1.165, 1.54) is 0 Å². The molecule has 0 saturated carbocycles. The summed E-state index contributed by atoms with van der Waals surface area (Å²) in [6.45, 7) is 6.91. The molecule has 0 spiro atoms. The molecule has 1 aliphatic heterocycles. The molecule has 162 valence electrons. The van der Waals surface area contributed by atoms with Gasteiger partial charge in [0.2, 0.25) is 11.7 Å². The van der Waals surface area contributed by atoms with E-state index in [0.29, 0.717) is 24.8 Å². The molecule has 4 rings (SSSR count). The van der Waals surface area contributed by atoms with E-state index in [9.17, 15) is 4.79 Å². The van der Waals surface area contributed by atoms with Gasteiger partial charge in [0, 0.05) is 49.0 Å². The summed E-state index contributed by atoms with van der Waals surface area (Å²) in [4.78, 5) is 21.1. The molecule has 0 unspecified atom stereocenters. The van der Waals surface area contributed by atoms with Crippen LogP contribution in [-0.2, 0) is 0 Å². The van der Waals surface area contributed by atoms with Crippen LogP contribution in [0.4, 0.5) is 16.2 Å². The van der Waals surface area contributed by atoms with E-state index in [1.807, 2.05) is 55.1 Å². The van der Waals surface area contributed by atoms with Crippen LogP contribution in [0, 0.1) is 0 Å². The molecule has 2 aromatic carbocycles. The summed E-state index contributed by atoms with van der Waals surface area (Å²) in [6, 6.07) is 15.4. The van der Waals surface area contributed by atoms with E-state index in [1.54, 1.807) is 7.11 Å². The van der Waals surface area contributed by atoms with E-state index in [2.05, 4.69) is 32.5 Å². The number of ether oxygens (including phenoxy) is 1. The SMILES string of the molecule is COc1ccc(NC(=O)N2CCN(c3ccc(-c4noc(C(C)C)n4)cc3)CC2)cc1. The fraction of sp³-hybridized carbons (Fsp3) is 0.348. The number of hydrogen-bond donors (Lipinski definition) is 1. The summed E-state index contributed by atoms with van der Waals surface area (Å²) in [5, 5.41) is 7.01. The number of amides is 2. The summed E-state index contributed by atoms with van der Waals surface area (Å²) in [5.74, 6) is 2.22. The van der Waals surface area contributed by atoms with Crippen LogP contribution in [0.2, 0.25) is 0 Å². The highest BCUT2D eigenvalue weighted by atomic mass is 16.5. The van der Waals surface area contributed by atoms with E-state index in [0.717, 1.165) is 35.8 Å². The monoisotopic (exact) mass is 421 g/mol. The standard InChI is InChI=1S/C23H27N5O3/c1-16(2)22-25-21(26-31-22)17-4-8-19(9-5-17)27-12-14-28(15-13-27)23(29)24-18-6-10-20(30-3)11-7-18/h4-11,16H,12-15H2,1-3H3,(H,24,29). The lowest BCUT2D eigenvalue weighted by molar-refractivity contribution is 0.208. The molecule has 1 aromatic heterocycles. The van der Waals surface area contributed by atoms with Gasteiger partial charge in [0.15, 0.2) is 0 Å². The molecular formula is C23H27N5O3. The molecular weight excluding hydrogens is 394 g/mol. The Kier molecular flexibility index (Phi) is 6.06. The summed E-state index contributed by atoms with van der Waals surface area (Å²) in [6.07, 6.45) is 0. The van der Waals surface area contributed by atoms with Crippen molar-refractivity contribution in [1.82, 2.24) is 15.0 Å². The molecule has 0 aliphatic carbocycles. The molecule has 2 heterocycles. The minimum atomic E-state index is -0.0850. The second-order valence-electron chi connectivity index (χ2n) is 7.79. The van der Waals surface area contributed by atoms with Gasteiger partial charge in [-0.1, -0.05) is 19.0 Å². The van der Waals surface area contributed by atoms with Crippen molar-refractivity contribution in [3.05, 3.63) is 54.4 Å². The van der Waals surface area contributed by atoms with Gasteiger partial charge in [-0.25, -0.2) is 4.79 Å². The molecule has 1 saturated heterocycles. The van der Waals surface area contributed by atoms with Gasteiger partial charge in [-0.05, 0) is 48.5 Å². The Bertz CT molecular complexity index is 1010. The van der Waals surface area contributed by atoms with Crippen LogP contribution < -0.4 is 15.0 Å². The molecule has 0 radical (unpaired) electrons. The van der Waals surface area contributed by atoms with Crippen molar-refractivity contribution in [2.75, 3.05) is 43.5 Å². The summed E-state index contributed by atoms with van der Waals surface area (Å²) in [5.41, 5.74) is 2.80. The van der Waals surface area contributed by atoms with Gasteiger partial charge < -0.3 is 24.4 Å². The summed E-state index contributed by atoms with van der Waals surface area (Å²) < 4.78 is 10.4. The maximum Gasteiger partial charge on any atom is 0.321 e. The van der Waals surface area contributed by atoms with Crippen LogP contribution in [0.1, 0.15) is 25.7 Å². The first-order chi connectivity index (χ1) is 15.0. The van der Waals surface area contributed by atoms with Crippen LogP contribution in [0.25, 0.3) is 11.4 Å². The molecule has 3 aromatic rings. The van der Waals surface area contributed by atoms with Crippen LogP contribution in [0.15, 0.2) is 53.1 Å². The highest BCUT2D eigenvalue weighted by Crippen LogP contribution is 2.24. The number of hydrogen-bond acceptors (Lipinski definition) is 6. The molecule has 8 nitrogen and oxygen atoms in total. The van der Waals surface area contributed by atoms with E-state index in [4.69, 9.17) is 9.26 Å². The smallest absolute Gasteiger partial charge is 0.321 e. The maximum atomic E-state index is 12.6. The van der Waals surface area contributed by atoms with Crippen LogP contribution in [-0.4, -0.2) is 54.4 Å². The Morgan fingerprint density at radius 2 is 1.71 bits per heavy atom. The molecule has 31 heavy (non-hydrogen) atoms. The van der Waals surface area contributed by atoms with Crippen molar-refractivity contribution in [2.24, 2.45) is 0 Å². The normalized spacial score (nSPS) is 14.1. The molecule has 1 aliphatic rings. The van der Waals surface area contributed by atoms with Gasteiger partial charge in [0.1, 0.15) is 5.75 Å². The number of rotatable bonds is 5. The van der Waals surface area contributed by atoms with Crippen molar-refractivity contribution in [3.63, 3.8) is 0 Å². The highest BCUT2D eigenvalue weighted by Gasteiger charge is 2.21. The number of carbonyl (C=O) groups is 1. The number of nitrogens with one attached hydrogen (secondary N) is 1. The van der Waals surface area contributed by atoms with Crippen LogP contribution in [0.3, 0.4) is 0 Å². The van der Waals surface area contributed by atoms with Crippen LogP contribution in [0.5, 0.6) is 5.75 Å². The molecule has 0 atom stereocenters. The summed E-state index contributed by atoms with van der Waals surface area (Å²) >= 11 is 0. The highest BCUT2D eigenvalue weighted by molar-refractivity contribution is 5.89. The minimum Gasteiger partial charge on any atom is -0.497 e. The number of methoxy groups -OCH3 is 1. The zero-order valence-corrected chi connectivity index (χ0v) is 18.0. The quantitative estimate of drug-likeness (QED) is 0.664. The van der Waals surface area contributed by atoms with Gasteiger partial charge in [-0.3, -0.25) is 0 Å². The van der Waals surface area contributed by atoms with Crippen LogP contribution >= 0.6 is 0 Å². The zero-order chi connectivity index (χ0) is 21.8. The lowest BCUT2D eigenvalue weighted by atomic mass is 10.1. The Labute approximate surface area is 181 Å². The Hall–Kier alpha value is -3.55. The van der Waals surface area contributed by atoms with Crippen molar-refractivity contribution >= 4 is 17.4 Å². The van der Waals surface area contributed by atoms with Crippen molar-refractivity contribution < 1.29 is 14.1 Å². The average Bonchev–Trinajstić information content (AvgIpc) is 3.31. The molecule has 2 amide bonds. The Balaban J connectivity index is 1.32. The molecule has 8 heteroatoms. The number of anilines is 2. The number of urea groups is 1. The van der Waals surface area contributed by atoms with E-state index >= 15 is 0 Å². The predicted octanol–water partition coefficient (Wildman–Crippen LogP) is 4.22. The lowest BCUT2D eigenvalue weighted by Gasteiger charge is -2.36. The lowest BCUT2D eigenvalue weighted by Crippen LogP contribution is -2.50. The van der Waals surface area contributed by atoms with Crippen molar-refractivity contribution in [3.8, 4) is 17.1 Å². The number of carbonyl (C=O) groups excluding carboxylic acids is 1. The maximum absolute atomic E-state index is 12.6. The number of piperazine rings is 1. The largest absolute Gasteiger partial charge is 0.497 e. The topological polar surface area (TPSA) is 83.7 Å². The first-order valence-electron chi connectivity index (χ1n) is 10.4. The first kappa shape index (κ1) is 20.7. The Morgan fingerprint density at radius 1 is 1.03 bits per heavy atom. The third-order valence-corrected chi connectivity index (χ3v) is 5.33. The van der Waals surface area contributed by atoms with Gasteiger partial charge in [-0.2, -0.15) is 4.98 Å². The van der Waals surface area contributed by atoms with E-state index in [-0.39, 0.29) is 11.9 Å². The molecule has 1 fully saturated rings. The number of nitrogens with zero attached hydrogens (tertiary/aromatic N) is 4. The average molecular weight is 422 g/mol. The van der Waals surface area contributed by atoms with Crippen molar-refractivity contribution in [2.45, 2.75) is 19.8 Å². The zero-order valence-electron chi connectivity index (χ0n) is 18.0. The summed E-state index contributed by atoms with van der Waals surface area (Å²) in [7, 11) is 1.62.